The summed E-state index contributed by atoms with van der Waals surface area (Å²) in [6.45, 7) is 7.43. The first kappa shape index (κ1) is 14.3. The lowest BCUT2D eigenvalue weighted by Crippen LogP contribution is -2.38. The highest BCUT2D eigenvalue weighted by atomic mass is 16.6. The maximum absolute atomic E-state index is 11.9. The van der Waals surface area contributed by atoms with Crippen LogP contribution in [0.5, 0.6) is 0 Å². The first-order valence-corrected chi connectivity index (χ1v) is 6.96. The van der Waals surface area contributed by atoms with E-state index in [-0.39, 0.29) is 23.9 Å². The zero-order valence-corrected chi connectivity index (χ0v) is 12.0. The van der Waals surface area contributed by atoms with E-state index in [4.69, 9.17) is 9.47 Å². The largest absolute Gasteiger partial charge is 0.444 e. The summed E-state index contributed by atoms with van der Waals surface area (Å²) in [6, 6.07) is 0. The fourth-order valence-electron chi connectivity index (χ4n) is 2.60. The van der Waals surface area contributed by atoms with Crippen molar-refractivity contribution in [2.75, 3.05) is 19.7 Å². The Morgan fingerprint density at radius 3 is 2.79 bits per heavy atom. The molecule has 2 fully saturated rings. The second-order valence-corrected chi connectivity index (χ2v) is 6.38. The van der Waals surface area contributed by atoms with Crippen molar-refractivity contribution in [1.29, 1.82) is 0 Å². The Hall–Kier alpha value is -1.10. The fourth-order valence-corrected chi connectivity index (χ4v) is 2.60. The van der Waals surface area contributed by atoms with Crippen LogP contribution in [0.4, 0.5) is 4.79 Å². The van der Waals surface area contributed by atoms with Crippen LogP contribution in [-0.4, -0.2) is 48.2 Å². The molecule has 5 nitrogen and oxygen atoms in total. The smallest absolute Gasteiger partial charge is 0.410 e. The molecule has 0 aliphatic carbocycles. The van der Waals surface area contributed by atoms with Crippen molar-refractivity contribution in [1.82, 2.24) is 4.90 Å². The van der Waals surface area contributed by atoms with Crippen LogP contribution in [0.1, 0.15) is 40.0 Å². The number of ether oxygens (including phenoxy) is 2. The van der Waals surface area contributed by atoms with Gasteiger partial charge in [0.25, 0.3) is 0 Å². The minimum Gasteiger partial charge on any atom is -0.444 e. The molecule has 19 heavy (non-hydrogen) atoms. The standard InChI is InChI=1S/C14H23NO4/c1-14(2,3)19-13(17)15-6-4-10(9-15)12-8-11(16)5-7-18-12/h10,12H,4-9H2,1-3H3/t10-,12-/m1/s1. The van der Waals surface area contributed by atoms with Gasteiger partial charge in [-0.05, 0) is 27.2 Å². The van der Waals surface area contributed by atoms with E-state index in [1.165, 1.54) is 0 Å². The van der Waals surface area contributed by atoms with Gasteiger partial charge in [0.15, 0.2) is 0 Å². The quantitative estimate of drug-likeness (QED) is 0.730. The van der Waals surface area contributed by atoms with Gasteiger partial charge >= 0.3 is 6.09 Å². The van der Waals surface area contributed by atoms with E-state index in [0.717, 1.165) is 6.42 Å². The monoisotopic (exact) mass is 269 g/mol. The van der Waals surface area contributed by atoms with Crippen LogP contribution in [-0.2, 0) is 14.3 Å². The number of amides is 1. The summed E-state index contributed by atoms with van der Waals surface area (Å²) in [5, 5.41) is 0. The third kappa shape index (κ3) is 3.93. The van der Waals surface area contributed by atoms with E-state index >= 15 is 0 Å². The second-order valence-electron chi connectivity index (χ2n) is 6.38. The van der Waals surface area contributed by atoms with Gasteiger partial charge in [0.2, 0.25) is 0 Å². The average Bonchev–Trinajstić information content (AvgIpc) is 2.75. The zero-order valence-electron chi connectivity index (χ0n) is 12.0. The zero-order chi connectivity index (χ0) is 14.0. The molecule has 0 aromatic heterocycles. The van der Waals surface area contributed by atoms with Crippen LogP contribution < -0.4 is 0 Å². The molecule has 0 N–H and O–H groups in total. The van der Waals surface area contributed by atoms with Gasteiger partial charge < -0.3 is 14.4 Å². The van der Waals surface area contributed by atoms with Gasteiger partial charge in [0.1, 0.15) is 11.4 Å². The van der Waals surface area contributed by atoms with Gasteiger partial charge in [0, 0.05) is 31.8 Å². The molecular formula is C14H23NO4. The van der Waals surface area contributed by atoms with E-state index in [0.29, 0.717) is 32.5 Å². The van der Waals surface area contributed by atoms with Crippen LogP contribution >= 0.6 is 0 Å². The molecule has 2 rings (SSSR count). The molecule has 0 aromatic carbocycles. The van der Waals surface area contributed by atoms with Gasteiger partial charge in [-0.3, -0.25) is 4.79 Å². The van der Waals surface area contributed by atoms with E-state index < -0.39 is 5.60 Å². The molecular weight excluding hydrogens is 246 g/mol. The van der Waals surface area contributed by atoms with Crippen LogP contribution in [0, 0.1) is 5.92 Å². The predicted octanol–water partition coefficient (Wildman–Crippen LogP) is 1.99. The number of hydrogen-bond donors (Lipinski definition) is 0. The van der Waals surface area contributed by atoms with Crippen LogP contribution in [0.2, 0.25) is 0 Å². The number of nitrogens with zero attached hydrogens (tertiary/aromatic N) is 1. The molecule has 0 radical (unpaired) electrons. The third-order valence-corrected chi connectivity index (χ3v) is 3.54. The Bertz CT molecular complexity index is 361. The lowest BCUT2D eigenvalue weighted by molar-refractivity contribution is -0.130. The van der Waals surface area contributed by atoms with E-state index in [1.807, 2.05) is 20.8 Å². The number of ketones is 1. The Morgan fingerprint density at radius 1 is 1.42 bits per heavy atom. The Balaban J connectivity index is 1.85. The molecule has 2 aliphatic rings. The molecule has 0 spiro atoms. The summed E-state index contributed by atoms with van der Waals surface area (Å²) in [5.41, 5.74) is -0.466. The molecule has 1 amide bonds. The number of carbonyl (C=O) groups is 2. The van der Waals surface area contributed by atoms with E-state index in [2.05, 4.69) is 0 Å². The Morgan fingerprint density at radius 2 is 2.16 bits per heavy atom. The molecule has 2 heterocycles. The molecule has 2 saturated heterocycles. The lowest BCUT2D eigenvalue weighted by atomic mass is 9.94. The predicted molar refractivity (Wildman–Crippen MR) is 69.9 cm³/mol. The van der Waals surface area contributed by atoms with Crippen molar-refractivity contribution >= 4 is 11.9 Å². The summed E-state index contributed by atoms with van der Waals surface area (Å²) in [7, 11) is 0. The molecule has 5 heteroatoms. The molecule has 0 aromatic rings. The summed E-state index contributed by atoms with van der Waals surface area (Å²) >= 11 is 0. The average molecular weight is 269 g/mol. The van der Waals surface area contributed by atoms with Crippen molar-refractivity contribution in [3.05, 3.63) is 0 Å². The highest BCUT2D eigenvalue weighted by Crippen LogP contribution is 2.27. The summed E-state index contributed by atoms with van der Waals surface area (Å²) < 4.78 is 11.0. The topological polar surface area (TPSA) is 55.8 Å². The molecule has 0 bridgehead atoms. The van der Waals surface area contributed by atoms with Crippen LogP contribution in [0.3, 0.4) is 0 Å². The number of Topliss-reactive ketones (excluding diaryl/α,β-unsaturated/α-hetero) is 1. The molecule has 0 unspecified atom stereocenters. The SMILES string of the molecule is CC(C)(C)OC(=O)N1CC[C@@H]([C@H]2CC(=O)CCO2)C1. The van der Waals surface area contributed by atoms with Crippen molar-refractivity contribution in [2.45, 2.75) is 51.7 Å². The summed E-state index contributed by atoms with van der Waals surface area (Å²) in [5.74, 6) is 0.531. The number of likely N-dealkylation sites (tertiary alicyclic amines) is 1. The van der Waals surface area contributed by atoms with Gasteiger partial charge in [-0.2, -0.15) is 0 Å². The minimum atomic E-state index is -0.466. The first-order valence-electron chi connectivity index (χ1n) is 6.96. The molecule has 2 aliphatic heterocycles. The van der Waals surface area contributed by atoms with E-state index in [1.54, 1.807) is 4.90 Å². The highest BCUT2D eigenvalue weighted by Gasteiger charge is 2.36. The van der Waals surface area contributed by atoms with Crippen molar-refractivity contribution < 1.29 is 19.1 Å². The van der Waals surface area contributed by atoms with Crippen LogP contribution in [0.25, 0.3) is 0 Å². The maximum Gasteiger partial charge on any atom is 0.410 e. The number of rotatable bonds is 1. The first-order chi connectivity index (χ1) is 8.85. The second kappa shape index (κ2) is 5.49. The Kier molecular flexibility index (Phi) is 4.13. The lowest BCUT2D eigenvalue weighted by Gasteiger charge is -2.28. The molecule has 108 valence electrons. The third-order valence-electron chi connectivity index (χ3n) is 3.54. The van der Waals surface area contributed by atoms with Gasteiger partial charge in [-0.1, -0.05) is 0 Å². The van der Waals surface area contributed by atoms with Crippen molar-refractivity contribution in [3.8, 4) is 0 Å². The number of carbonyl (C=O) groups excluding carboxylic acids is 2. The van der Waals surface area contributed by atoms with Gasteiger partial charge in [-0.15, -0.1) is 0 Å². The van der Waals surface area contributed by atoms with Crippen molar-refractivity contribution in [3.63, 3.8) is 0 Å². The van der Waals surface area contributed by atoms with Crippen LogP contribution in [0.15, 0.2) is 0 Å². The van der Waals surface area contributed by atoms with Crippen molar-refractivity contribution in [2.24, 2.45) is 5.92 Å². The normalized spacial score (nSPS) is 28.6. The Labute approximate surface area is 114 Å². The maximum atomic E-state index is 11.9. The molecule has 0 saturated carbocycles. The minimum absolute atomic E-state index is 0.0197. The summed E-state index contributed by atoms with van der Waals surface area (Å²) in [6.07, 6.45) is 1.62. The number of hydrogen-bond acceptors (Lipinski definition) is 4. The molecule has 2 atom stereocenters. The van der Waals surface area contributed by atoms with Gasteiger partial charge in [-0.25, -0.2) is 4.79 Å². The van der Waals surface area contributed by atoms with E-state index in [9.17, 15) is 9.59 Å². The fraction of sp³-hybridized carbons (Fsp3) is 0.857. The summed E-state index contributed by atoms with van der Waals surface area (Å²) in [4.78, 5) is 25.1. The highest BCUT2D eigenvalue weighted by molar-refractivity contribution is 5.79. The van der Waals surface area contributed by atoms with Gasteiger partial charge in [0.05, 0.1) is 12.7 Å².